The number of amides is 1. The van der Waals surface area contributed by atoms with Crippen LogP contribution >= 0.6 is 11.6 Å². The zero-order chi connectivity index (χ0) is 22.1. The first-order valence-corrected chi connectivity index (χ1v) is 10.2. The minimum Gasteiger partial charge on any atom is -0.322 e. The average molecular weight is 445 g/mol. The van der Waals surface area contributed by atoms with Crippen LogP contribution in [-0.2, 0) is 6.54 Å². The van der Waals surface area contributed by atoms with Crippen LogP contribution in [0.3, 0.4) is 0 Å². The first-order valence-electron chi connectivity index (χ1n) is 9.82. The maximum Gasteiger partial charge on any atom is 0.350 e. The second-order valence-corrected chi connectivity index (χ2v) is 7.61. The van der Waals surface area contributed by atoms with E-state index in [1.54, 1.807) is 47.4 Å². The number of carbonyl (C=O) groups excluding carboxylic acids is 1. The van der Waals surface area contributed by atoms with Gasteiger partial charge in [-0.15, -0.1) is 5.10 Å². The van der Waals surface area contributed by atoms with Crippen LogP contribution < -0.4 is 11.0 Å². The molecule has 9 heteroatoms. The van der Waals surface area contributed by atoms with E-state index in [4.69, 9.17) is 11.6 Å². The minimum atomic E-state index is -0.291. The summed E-state index contributed by atoms with van der Waals surface area (Å²) in [6, 6.07) is 19.9. The number of aromatic nitrogens is 5. The lowest BCUT2D eigenvalue weighted by Gasteiger charge is -2.06. The van der Waals surface area contributed by atoms with E-state index in [1.807, 2.05) is 36.4 Å². The summed E-state index contributed by atoms with van der Waals surface area (Å²) in [5.74, 6) is -0.291. The van der Waals surface area contributed by atoms with E-state index in [0.29, 0.717) is 21.9 Å². The van der Waals surface area contributed by atoms with Gasteiger partial charge < -0.3 is 5.32 Å². The van der Waals surface area contributed by atoms with Gasteiger partial charge >= 0.3 is 5.69 Å². The van der Waals surface area contributed by atoms with Gasteiger partial charge in [0.25, 0.3) is 5.91 Å². The molecule has 158 valence electrons. The highest BCUT2D eigenvalue weighted by molar-refractivity contribution is 6.30. The highest BCUT2D eigenvalue weighted by Gasteiger charge is 2.11. The normalized spacial score (nSPS) is 11.0. The van der Waals surface area contributed by atoms with Crippen LogP contribution in [0.25, 0.3) is 11.3 Å². The first kappa shape index (κ1) is 19.8. The fraction of sp³-hybridized carbons (Fsp3) is 0.0435. The number of benzene rings is 2. The second kappa shape index (κ2) is 8.16. The largest absolute Gasteiger partial charge is 0.350 e. The van der Waals surface area contributed by atoms with Crippen molar-refractivity contribution < 1.29 is 4.79 Å². The Morgan fingerprint density at radius 1 is 1.03 bits per heavy atom. The maximum atomic E-state index is 12.7. The Morgan fingerprint density at radius 2 is 1.91 bits per heavy atom. The molecule has 0 saturated carbocycles. The topological polar surface area (TPSA) is 86.2 Å². The summed E-state index contributed by atoms with van der Waals surface area (Å²) in [4.78, 5) is 25.2. The van der Waals surface area contributed by atoms with Crippen LogP contribution in [0.5, 0.6) is 0 Å². The number of rotatable bonds is 5. The fourth-order valence-corrected chi connectivity index (χ4v) is 3.58. The van der Waals surface area contributed by atoms with Crippen molar-refractivity contribution >= 4 is 28.8 Å². The van der Waals surface area contributed by atoms with E-state index in [2.05, 4.69) is 15.5 Å². The number of nitrogens with one attached hydrogen (secondary N) is 1. The number of hydrogen-bond donors (Lipinski definition) is 1. The monoisotopic (exact) mass is 444 g/mol. The van der Waals surface area contributed by atoms with Crippen LogP contribution in [0.1, 0.15) is 15.9 Å². The number of pyridine rings is 1. The van der Waals surface area contributed by atoms with Crippen LogP contribution in [0.2, 0.25) is 5.02 Å². The predicted octanol–water partition coefficient (Wildman–Crippen LogP) is 3.64. The molecule has 2 aromatic carbocycles. The summed E-state index contributed by atoms with van der Waals surface area (Å²) < 4.78 is 4.47. The zero-order valence-electron chi connectivity index (χ0n) is 16.7. The number of fused-ring (bicyclic) bond motifs is 1. The van der Waals surface area contributed by atoms with Crippen LogP contribution in [-0.4, -0.2) is 29.9 Å². The quantitative estimate of drug-likeness (QED) is 0.448. The summed E-state index contributed by atoms with van der Waals surface area (Å²) >= 11 is 6.03. The van der Waals surface area contributed by atoms with Crippen LogP contribution in [0.4, 0.5) is 5.69 Å². The van der Waals surface area contributed by atoms with Crippen molar-refractivity contribution in [3.63, 3.8) is 0 Å². The standard InChI is InChI=1S/C23H17ClN6O2/c24-18-6-4-8-20(12-18)29-15-17(13-25-29)22(31)26-19-7-3-5-16(11-19)14-30-23(32)28-10-2-1-9-21(28)27-30/h1-13,15H,14H2,(H,26,31). The molecule has 0 fully saturated rings. The molecule has 0 radical (unpaired) electrons. The zero-order valence-corrected chi connectivity index (χ0v) is 17.5. The van der Waals surface area contributed by atoms with E-state index >= 15 is 0 Å². The van der Waals surface area contributed by atoms with Crippen LogP contribution in [0.15, 0.2) is 90.1 Å². The molecular formula is C23H17ClN6O2. The lowest BCUT2D eigenvalue weighted by molar-refractivity contribution is 0.102. The van der Waals surface area contributed by atoms with Gasteiger partial charge in [-0.3, -0.25) is 9.20 Å². The molecule has 1 amide bonds. The fourth-order valence-electron chi connectivity index (χ4n) is 3.39. The van der Waals surface area contributed by atoms with Crippen molar-refractivity contribution in [2.75, 3.05) is 5.32 Å². The molecule has 0 bridgehead atoms. The van der Waals surface area contributed by atoms with Gasteiger partial charge in [0.15, 0.2) is 5.65 Å². The number of anilines is 1. The molecule has 3 aromatic heterocycles. The van der Waals surface area contributed by atoms with Gasteiger partial charge in [-0.1, -0.05) is 35.9 Å². The highest BCUT2D eigenvalue weighted by atomic mass is 35.5. The summed E-state index contributed by atoms with van der Waals surface area (Å²) in [6.45, 7) is 0.289. The Morgan fingerprint density at radius 3 is 2.75 bits per heavy atom. The Hall–Kier alpha value is -4.17. The van der Waals surface area contributed by atoms with Crippen molar-refractivity contribution in [3.05, 3.63) is 112 Å². The lowest BCUT2D eigenvalue weighted by atomic mass is 10.2. The van der Waals surface area contributed by atoms with Crippen molar-refractivity contribution in [2.45, 2.75) is 6.54 Å². The summed E-state index contributed by atoms with van der Waals surface area (Å²) in [5.41, 5.74) is 2.98. The predicted molar refractivity (Wildman–Crippen MR) is 122 cm³/mol. The maximum absolute atomic E-state index is 12.7. The smallest absolute Gasteiger partial charge is 0.322 e. The van der Waals surface area contributed by atoms with Gasteiger partial charge in [0.05, 0.1) is 24.0 Å². The Balaban J connectivity index is 1.33. The number of nitrogens with zero attached hydrogens (tertiary/aromatic N) is 5. The molecule has 0 aliphatic rings. The molecule has 3 heterocycles. The molecule has 5 aromatic rings. The van der Waals surface area contributed by atoms with Crippen molar-refractivity contribution in [1.82, 2.24) is 24.0 Å². The van der Waals surface area contributed by atoms with E-state index in [-0.39, 0.29) is 18.1 Å². The molecule has 0 spiro atoms. The molecule has 32 heavy (non-hydrogen) atoms. The lowest BCUT2D eigenvalue weighted by Crippen LogP contribution is -2.21. The molecule has 1 N–H and O–H groups in total. The van der Waals surface area contributed by atoms with Crippen LogP contribution in [0, 0.1) is 0 Å². The van der Waals surface area contributed by atoms with Gasteiger partial charge in [-0.25, -0.2) is 14.2 Å². The highest BCUT2D eigenvalue weighted by Crippen LogP contribution is 2.16. The van der Waals surface area contributed by atoms with Crippen molar-refractivity contribution in [3.8, 4) is 5.69 Å². The molecule has 0 aliphatic carbocycles. The molecule has 0 unspecified atom stereocenters. The SMILES string of the molecule is O=C(Nc1cccc(Cn2nc3ccccn3c2=O)c1)c1cnn(-c2cccc(Cl)c2)c1. The van der Waals surface area contributed by atoms with Gasteiger partial charge in [0.1, 0.15) is 0 Å². The Labute approximate surface area is 187 Å². The Kier molecular flexibility index (Phi) is 5.04. The third-order valence-electron chi connectivity index (χ3n) is 4.92. The van der Waals surface area contributed by atoms with Gasteiger partial charge in [0, 0.05) is 23.1 Å². The number of carbonyl (C=O) groups is 1. The van der Waals surface area contributed by atoms with E-state index in [1.165, 1.54) is 15.3 Å². The van der Waals surface area contributed by atoms with Gasteiger partial charge in [-0.2, -0.15) is 5.10 Å². The third kappa shape index (κ3) is 3.91. The van der Waals surface area contributed by atoms with Gasteiger partial charge in [0.2, 0.25) is 0 Å². The molecule has 8 nitrogen and oxygen atoms in total. The minimum absolute atomic E-state index is 0.219. The van der Waals surface area contributed by atoms with E-state index in [9.17, 15) is 9.59 Å². The molecule has 0 atom stereocenters. The second-order valence-electron chi connectivity index (χ2n) is 7.18. The summed E-state index contributed by atoms with van der Waals surface area (Å²) in [5, 5.41) is 12.0. The summed E-state index contributed by atoms with van der Waals surface area (Å²) in [7, 11) is 0. The third-order valence-corrected chi connectivity index (χ3v) is 5.16. The molecule has 0 aliphatic heterocycles. The van der Waals surface area contributed by atoms with E-state index < -0.39 is 0 Å². The average Bonchev–Trinajstić information content (AvgIpc) is 3.40. The summed E-state index contributed by atoms with van der Waals surface area (Å²) in [6.07, 6.45) is 4.82. The molecule has 0 saturated heterocycles. The van der Waals surface area contributed by atoms with Crippen molar-refractivity contribution in [1.29, 1.82) is 0 Å². The first-order chi connectivity index (χ1) is 15.6. The number of hydrogen-bond acceptors (Lipinski definition) is 4. The number of halogens is 1. The van der Waals surface area contributed by atoms with Gasteiger partial charge in [-0.05, 0) is 48.0 Å². The molecule has 5 rings (SSSR count). The van der Waals surface area contributed by atoms with Crippen molar-refractivity contribution in [2.24, 2.45) is 0 Å². The van der Waals surface area contributed by atoms with E-state index in [0.717, 1.165) is 11.3 Å². The Bertz CT molecular complexity index is 1500. The molecular weight excluding hydrogens is 428 g/mol.